The first-order valence-electron chi connectivity index (χ1n) is 28.7. The fourth-order valence-corrected chi connectivity index (χ4v) is 21.7. The van der Waals surface area contributed by atoms with E-state index in [1.165, 1.54) is 85.2 Å². The molecular weight excluding hydrogens is 2270 g/mol. The normalized spacial score (nSPS) is 10.1. The maximum absolute atomic E-state index is 4.81. The molecule has 0 saturated carbocycles. The molecular formula is C74H62Au2Cl20P4Se2+4. The number of alkyl halides is 18. The molecule has 0 fully saturated rings. The predicted octanol–water partition coefficient (Wildman–Crippen LogP) is 16.8. The van der Waals surface area contributed by atoms with Crippen LogP contribution in [-0.2, 0) is 44.8 Å². The molecule has 0 bridgehead atoms. The van der Waals surface area contributed by atoms with Crippen molar-refractivity contribution in [3.8, 4) is 0 Å². The average molecular weight is 2340 g/mol. The van der Waals surface area contributed by atoms with E-state index in [1.807, 2.05) is 0 Å². The van der Waals surface area contributed by atoms with E-state index < -0.39 is 57.5 Å². The van der Waals surface area contributed by atoms with Crippen molar-refractivity contribution in [1.29, 1.82) is 0 Å². The van der Waals surface area contributed by atoms with E-state index >= 15 is 0 Å². The smallest absolute Gasteiger partial charge is 2.00 e. The van der Waals surface area contributed by atoms with Crippen molar-refractivity contribution in [2.24, 2.45) is 0 Å². The molecule has 12 aromatic rings. The van der Waals surface area contributed by atoms with Crippen molar-refractivity contribution in [1.82, 2.24) is 0 Å². The molecule has 0 spiro atoms. The molecule has 0 radical (unpaired) electrons. The van der Waals surface area contributed by atoms with Gasteiger partial charge >= 0.3 is 44.8 Å². The molecule has 0 nitrogen and oxygen atoms in total. The fourth-order valence-electron chi connectivity index (χ4n) is 10.3. The maximum atomic E-state index is 4.81. The van der Waals surface area contributed by atoms with Crippen LogP contribution in [0.4, 0.5) is 0 Å². The van der Waals surface area contributed by atoms with Gasteiger partial charge in [0.2, 0.25) is 0 Å². The third-order valence-corrected chi connectivity index (χ3v) is 24.5. The van der Waals surface area contributed by atoms with Gasteiger partial charge in [-0.25, -0.2) is 0 Å². The number of benzene rings is 12. The summed E-state index contributed by atoms with van der Waals surface area (Å²) < 4.78 is -4.50. The first-order chi connectivity index (χ1) is 46.2. The number of hydrogen-bond donors (Lipinski definition) is 0. The third-order valence-electron chi connectivity index (χ3n) is 13.4. The van der Waals surface area contributed by atoms with E-state index in [1.54, 1.807) is 0 Å². The molecule has 548 valence electrons. The van der Waals surface area contributed by atoms with E-state index in [0.717, 1.165) is 0 Å². The molecule has 0 saturated heterocycles. The van der Waals surface area contributed by atoms with Crippen molar-refractivity contribution in [2.45, 2.75) is 25.8 Å². The Morgan fingerprint density at radius 2 is 0.275 bits per heavy atom. The summed E-state index contributed by atoms with van der Waals surface area (Å²) in [6, 6.07) is 116. The SMILES string of the molecule is ClC(Cl)Cl.ClC(Cl)Cl.ClC(Cl)Cl.ClC(Cl)Cl.ClC(Cl)Cl.ClC(Cl)Cl.[Au+3].[Au+3].[Cl-].[Cl-].[Se-2].[Se-2].c1ccc([PH+](c2ccccc2)c2cccc3cccc([PH+](c4ccccc4)c4ccccc4)c23)cc1.c1ccc([PH+](c2ccccc2)c2cccc3cccc([PH+](c4ccccc4)c4ccccc4)c23)cc1. The summed E-state index contributed by atoms with van der Waals surface area (Å²) in [5.74, 6) is 0. The summed E-state index contributed by atoms with van der Waals surface area (Å²) in [5.41, 5.74) is 0. The first-order valence-corrected chi connectivity index (χ1v) is 42.5. The molecule has 0 atom stereocenters. The Kier molecular flexibility index (Phi) is 62.7. The zero-order chi connectivity index (χ0) is 69.8. The molecule has 0 aliphatic rings. The van der Waals surface area contributed by atoms with E-state index in [9.17, 15) is 0 Å². The van der Waals surface area contributed by atoms with Crippen molar-refractivity contribution in [3.63, 3.8) is 0 Å². The zero-order valence-electron chi connectivity index (χ0n) is 52.5. The van der Waals surface area contributed by atoms with Crippen molar-refractivity contribution in [2.75, 3.05) is 0 Å². The van der Waals surface area contributed by atoms with Gasteiger partial charge in [0.25, 0.3) is 0 Å². The van der Waals surface area contributed by atoms with Crippen LogP contribution in [-0.4, -0.2) is 59.9 Å². The van der Waals surface area contributed by atoms with Crippen LogP contribution < -0.4 is 88.5 Å². The molecule has 12 rings (SSSR count). The number of hydrogen-bond acceptors (Lipinski definition) is 0. The van der Waals surface area contributed by atoms with E-state index in [-0.39, 0.29) is 104 Å². The Morgan fingerprint density at radius 1 is 0.167 bits per heavy atom. The molecule has 102 heavy (non-hydrogen) atoms. The minimum absolute atomic E-state index is 0. The summed E-state index contributed by atoms with van der Waals surface area (Å²) in [6.45, 7) is 0. The summed E-state index contributed by atoms with van der Waals surface area (Å²) >= 11 is 86.5. The van der Waals surface area contributed by atoms with Gasteiger partial charge in [0.05, 0.1) is 42.5 Å². The second-order valence-corrected chi connectivity index (χ2v) is 41.0. The predicted molar refractivity (Wildman–Crippen MR) is 468 cm³/mol. The monoisotopic (exact) mass is 2330 g/mol. The van der Waals surface area contributed by atoms with Gasteiger partial charge in [-0.05, 0) is 132 Å². The number of halogens is 20. The minimum Gasteiger partial charge on any atom is -2.00 e. The van der Waals surface area contributed by atoms with Crippen LogP contribution in [0, 0.1) is 0 Å². The molecule has 28 heteroatoms. The van der Waals surface area contributed by atoms with Gasteiger partial charge in [0.15, 0.2) is 25.8 Å². The molecule has 0 aromatic heterocycles. The van der Waals surface area contributed by atoms with Crippen LogP contribution in [0.25, 0.3) is 21.5 Å². The van der Waals surface area contributed by atoms with E-state index in [0.29, 0.717) is 0 Å². The number of fused-ring (bicyclic) bond motifs is 2. The van der Waals surface area contributed by atoms with Gasteiger partial charge in [-0.2, -0.15) is 0 Å². The molecule has 0 aliphatic heterocycles. The first kappa shape index (κ1) is 105. The van der Waals surface area contributed by atoms with E-state index in [4.69, 9.17) is 209 Å². The summed E-state index contributed by atoms with van der Waals surface area (Å²) in [6.07, 6.45) is 0. The second-order valence-electron chi connectivity index (χ2n) is 19.3. The Hall–Kier alpha value is 1.20. The van der Waals surface area contributed by atoms with Crippen LogP contribution in [0.2, 0.25) is 0 Å². The largest absolute Gasteiger partial charge is 3.00 e. The molecule has 0 unspecified atom stereocenters. The van der Waals surface area contributed by atoms with Crippen molar-refractivity contribution >= 4 is 360 Å². The molecule has 0 heterocycles. The molecule has 0 aliphatic carbocycles. The zero-order valence-corrected chi connectivity index (χ0v) is 79.3. The average Bonchev–Trinajstić information content (AvgIpc) is 0.762. The second kappa shape index (κ2) is 60.8. The number of rotatable bonds is 12. The fraction of sp³-hybridized carbons (Fsp3) is 0.0811. The van der Waals surface area contributed by atoms with Crippen LogP contribution >= 0.6 is 241 Å². The van der Waals surface area contributed by atoms with Gasteiger partial charge in [-0.15, -0.1) is 0 Å². The summed E-state index contributed by atoms with van der Waals surface area (Å²) in [5, 5.41) is 22.8. The van der Waals surface area contributed by atoms with Crippen LogP contribution in [0.15, 0.2) is 315 Å². The summed E-state index contributed by atoms with van der Waals surface area (Å²) in [7, 11) is -4.82. The molecule has 0 N–H and O–H groups in total. The van der Waals surface area contributed by atoms with Crippen molar-refractivity contribution < 1.29 is 69.6 Å². The van der Waals surface area contributed by atoms with Gasteiger partial charge in [0.1, 0.15) is 63.7 Å². The van der Waals surface area contributed by atoms with Gasteiger partial charge in [0, 0.05) is 0 Å². The summed E-state index contributed by atoms with van der Waals surface area (Å²) in [4.78, 5) is 0. The van der Waals surface area contributed by atoms with Crippen LogP contribution in [0.1, 0.15) is 0 Å². The quantitative estimate of drug-likeness (QED) is 0.0650. The molecule has 0 amide bonds. The Labute approximate surface area is 760 Å². The standard InChI is InChI=1S/2C34H26P2.6CHCl3.2Au.2ClH.2Se/c2*1-5-17-28(18-6-1)35(29-19-7-2-8-20-29)32-25-13-15-27-16-14-26-33(34(27)32)36(30-21-9-3-10-22-30)31-23-11-4-12-24-31;6*2-1(3)4;;;;;;/h2*1-26H;6*1H;;;2*1H;;/q;;;;;;;;2*+3;;;2*-2/p+2. The van der Waals surface area contributed by atoms with Gasteiger partial charge < -0.3 is 59.0 Å². The Bertz CT molecular complexity index is 3340. The van der Waals surface area contributed by atoms with Crippen molar-refractivity contribution in [3.05, 3.63) is 315 Å². The van der Waals surface area contributed by atoms with E-state index in [2.05, 4.69) is 315 Å². The van der Waals surface area contributed by atoms with Crippen LogP contribution in [0.5, 0.6) is 0 Å². The van der Waals surface area contributed by atoms with Crippen LogP contribution in [0.3, 0.4) is 0 Å². The topological polar surface area (TPSA) is 0 Å². The molecule has 12 aromatic carbocycles. The van der Waals surface area contributed by atoms with Gasteiger partial charge in [-0.1, -0.05) is 403 Å². The maximum Gasteiger partial charge on any atom is 3.00 e. The Morgan fingerprint density at radius 3 is 0.382 bits per heavy atom. The van der Waals surface area contributed by atoms with Gasteiger partial charge in [-0.3, -0.25) is 0 Å². The third kappa shape index (κ3) is 39.1. The minimum atomic E-state index is -1.20. The Balaban J connectivity index is 0.